The first-order valence-electron chi connectivity index (χ1n) is 7.80. The number of nitro groups is 1. The standard InChI is InChI=1S/C15H23N5O3/c1-10(2)9-19-5-3-4-11(19)7-17-15-13(14(16)21)6-12(8-18-15)20(22)23/h6,8,10-11H,3-5,7,9H2,1-2H3,(H2,16,21)(H,17,18)/t11-/m1/s1. The zero-order chi connectivity index (χ0) is 17.0. The van der Waals surface area contributed by atoms with Crippen LogP contribution in [0.4, 0.5) is 11.5 Å². The van der Waals surface area contributed by atoms with E-state index in [2.05, 4.69) is 29.0 Å². The van der Waals surface area contributed by atoms with Crippen molar-refractivity contribution in [3.8, 4) is 0 Å². The molecule has 0 bridgehead atoms. The zero-order valence-corrected chi connectivity index (χ0v) is 13.5. The topological polar surface area (TPSA) is 114 Å². The molecule has 0 saturated carbocycles. The molecule has 1 aliphatic rings. The predicted molar refractivity (Wildman–Crippen MR) is 87.3 cm³/mol. The van der Waals surface area contributed by atoms with Gasteiger partial charge in [-0.3, -0.25) is 19.8 Å². The molecule has 1 aliphatic heterocycles. The molecule has 2 heterocycles. The summed E-state index contributed by atoms with van der Waals surface area (Å²) in [6.45, 7) is 7.11. The second-order valence-corrected chi connectivity index (χ2v) is 6.28. The summed E-state index contributed by atoms with van der Waals surface area (Å²) >= 11 is 0. The summed E-state index contributed by atoms with van der Waals surface area (Å²) in [6.07, 6.45) is 3.36. The molecule has 1 atom stereocenters. The number of aromatic nitrogens is 1. The summed E-state index contributed by atoms with van der Waals surface area (Å²) < 4.78 is 0. The van der Waals surface area contributed by atoms with E-state index in [1.807, 2.05) is 0 Å². The van der Waals surface area contributed by atoms with Crippen molar-refractivity contribution in [3.63, 3.8) is 0 Å². The van der Waals surface area contributed by atoms with Crippen LogP contribution in [0.5, 0.6) is 0 Å². The molecule has 3 N–H and O–H groups in total. The number of hydrogen-bond donors (Lipinski definition) is 2. The van der Waals surface area contributed by atoms with Crippen molar-refractivity contribution in [1.29, 1.82) is 0 Å². The highest BCUT2D eigenvalue weighted by Crippen LogP contribution is 2.22. The summed E-state index contributed by atoms with van der Waals surface area (Å²) in [5.74, 6) is 0.169. The average Bonchev–Trinajstić information content (AvgIpc) is 2.91. The average molecular weight is 321 g/mol. The Morgan fingerprint density at radius 1 is 1.61 bits per heavy atom. The Kier molecular flexibility index (Phi) is 5.49. The highest BCUT2D eigenvalue weighted by atomic mass is 16.6. The van der Waals surface area contributed by atoms with Gasteiger partial charge in [0.2, 0.25) is 0 Å². The fourth-order valence-electron chi connectivity index (χ4n) is 2.93. The lowest BCUT2D eigenvalue weighted by atomic mass is 10.1. The molecule has 0 unspecified atom stereocenters. The van der Waals surface area contributed by atoms with E-state index in [0.717, 1.165) is 38.2 Å². The smallest absolute Gasteiger partial charge is 0.288 e. The van der Waals surface area contributed by atoms with Crippen LogP contribution in [0.25, 0.3) is 0 Å². The third kappa shape index (κ3) is 4.38. The monoisotopic (exact) mass is 321 g/mol. The predicted octanol–water partition coefficient (Wildman–Crippen LogP) is 1.62. The van der Waals surface area contributed by atoms with E-state index < -0.39 is 10.8 Å². The number of carbonyl (C=O) groups excluding carboxylic acids is 1. The third-order valence-electron chi connectivity index (χ3n) is 3.95. The molecule has 2 rings (SSSR count). The largest absolute Gasteiger partial charge is 0.368 e. The van der Waals surface area contributed by atoms with Crippen LogP contribution in [-0.2, 0) is 0 Å². The first kappa shape index (κ1) is 17.1. The summed E-state index contributed by atoms with van der Waals surface area (Å²) in [5, 5.41) is 13.9. The fraction of sp³-hybridized carbons (Fsp3) is 0.600. The molecule has 1 aromatic heterocycles. The van der Waals surface area contributed by atoms with Crippen LogP contribution >= 0.6 is 0 Å². The Hall–Kier alpha value is -2.22. The van der Waals surface area contributed by atoms with Gasteiger partial charge < -0.3 is 11.1 Å². The minimum atomic E-state index is -0.728. The Labute approximate surface area is 135 Å². The van der Waals surface area contributed by atoms with Crippen LogP contribution in [0, 0.1) is 16.0 Å². The van der Waals surface area contributed by atoms with Gasteiger partial charge in [0.1, 0.15) is 12.0 Å². The molecule has 23 heavy (non-hydrogen) atoms. The number of pyridine rings is 1. The molecular weight excluding hydrogens is 298 g/mol. The van der Waals surface area contributed by atoms with Crippen LogP contribution in [0.3, 0.4) is 0 Å². The van der Waals surface area contributed by atoms with Gasteiger partial charge in [0.25, 0.3) is 11.6 Å². The first-order chi connectivity index (χ1) is 10.9. The molecule has 0 aliphatic carbocycles. The van der Waals surface area contributed by atoms with E-state index in [1.165, 1.54) is 0 Å². The summed E-state index contributed by atoms with van der Waals surface area (Å²) in [5.41, 5.74) is 5.11. The van der Waals surface area contributed by atoms with E-state index >= 15 is 0 Å². The van der Waals surface area contributed by atoms with Gasteiger partial charge in [-0.25, -0.2) is 4.98 Å². The van der Waals surface area contributed by atoms with Crippen LogP contribution in [0.2, 0.25) is 0 Å². The second-order valence-electron chi connectivity index (χ2n) is 6.28. The number of amides is 1. The van der Waals surface area contributed by atoms with Crippen molar-refractivity contribution in [2.24, 2.45) is 11.7 Å². The summed E-state index contributed by atoms with van der Waals surface area (Å²) in [6, 6.07) is 1.54. The number of nitrogens with two attached hydrogens (primary N) is 1. The minimum Gasteiger partial charge on any atom is -0.368 e. The molecule has 1 fully saturated rings. The SMILES string of the molecule is CC(C)CN1CCC[C@@H]1CNc1ncc([N+](=O)[O-])cc1C(N)=O. The Balaban J connectivity index is 2.08. The van der Waals surface area contributed by atoms with Crippen molar-refractivity contribution >= 4 is 17.4 Å². The van der Waals surface area contributed by atoms with Gasteiger partial charge in [0.15, 0.2) is 0 Å². The number of likely N-dealkylation sites (tertiary alicyclic amines) is 1. The molecule has 8 heteroatoms. The third-order valence-corrected chi connectivity index (χ3v) is 3.95. The lowest BCUT2D eigenvalue weighted by molar-refractivity contribution is -0.385. The fourth-order valence-corrected chi connectivity index (χ4v) is 2.93. The zero-order valence-electron chi connectivity index (χ0n) is 13.5. The van der Waals surface area contributed by atoms with Gasteiger partial charge in [-0.05, 0) is 25.3 Å². The maximum absolute atomic E-state index is 11.5. The number of anilines is 1. The molecule has 0 spiro atoms. The van der Waals surface area contributed by atoms with Gasteiger partial charge in [0, 0.05) is 25.2 Å². The van der Waals surface area contributed by atoms with E-state index in [9.17, 15) is 14.9 Å². The lowest BCUT2D eigenvalue weighted by Crippen LogP contribution is -2.37. The second kappa shape index (κ2) is 7.36. The molecule has 0 radical (unpaired) electrons. The maximum atomic E-state index is 11.5. The van der Waals surface area contributed by atoms with Crippen molar-refractivity contribution in [1.82, 2.24) is 9.88 Å². The highest BCUT2D eigenvalue weighted by Gasteiger charge is 2.25. The van der Waals surface area contributed by atoms with E-state index in [0.29, 0.717) is 24.3 Å². The van der Waals surface area contributed by atoms with Crippen molar-refractivity contribution < 1.29 is 9.72 Å². The Morgan fingerprint density at radius 3 is 2.96 bits per heavy atom. The molecular formula is C15H23N5O3. The van der Waals surface area contributed by atoms with Crippen LogP contribution < -0.4 is 11.1 Å². The highest BCUT2D eigenvalue weighted by molar-refractivity contribution is 5.98. The molecule has 1 amide bonds. The van der Waals surface area contributed by atoms with Crippen LogP contribution in [0.15, 0.2) is 12.3 Å². The maximum Gasteiger partial charge on any atom is 0.288 e. The first-order valence-corrected chi connectivity index (χ1v) is 7.80. The quantitative estimate of drug-likeness (QED) is 0.582. The van der Waals surface area contributed by atoms with Gasteiger partial charge in [-0.2, -0.15) is 0 Å². The van der Waals surface area contributed by atoms with E-state index in [1.54, 1.807) is 0 Å². The van der Waals surface area contributed by atoms with Crippen LogP contribution in [-0.4, -0.2) is 46.4 Å². The molecule has 1 aromatic rings. The van der Waals surface area contributed by atoms with Gasteiger partial charge in [0.05, 0.1) is 10.5 Å². The van der Waals surface area contributed by atoms with Gasteiger partial charge >= 0.3 is 0 Å². The molecule has 8 nitrogen and oxygen atoms in total. The number of rotatable bonds is 7. The number of nitrogens with zero attached hydrogens (tertiary/aromatic N) is 3. The van der Waals surface area contributed by atoms with Crippen molar-refractivity contribution in [2.75, 3.05) is 25.0 Å². The van der Waals surface area contributed by atoms with E-state index in [-0.39, 0.29) is 11.3 Å². The van der Waals surface area contributed by atoms with Crippen molar-refractivity contribution in [3.05, 3.63) is 27.9 Å². The van der Waals surface area contributed by atoms with E-state index in [4.69, 9.17) is 5.73 Å². The number of primary amides is 1. The minimum absolute atomic E-state index is 0.0487. The number of nitrogens with one attached hydrogen (secondary N) is 1. The normalized spacial score (nSPS) is 18.3. The number of hydrogen-bond acceptors (Lipinski definition) is 6. The Bertz CT molecular complexity index is 590. The molecule has 0 aromatic carbocycles. The molecule has 1 saturated heterocycles. The summed E-state index contributed by atoms with van der Waals surface area (Å²) in [4.78, 5) is 28.1. The lowest BCUT2D eigenvalue weighted by Gasteiger charge is -2.26. The Morgan fingerprint density at radius 2 is 2.35 bits per heavy atom. The van der Waals surface area contributed by atoms with Crippen LogP contribution in [0.1, 0.15) is 37.0 Å². The van der Waals surface area contributed by atoms with Gasteiger partial charge in [-0.15, -0.1) is 0 Å². The molecule has 126 valence electrons. The van der Waals surface area contributed by atoms with Crippen molar-refractivity contribution in [2.45, 2.75) is 32.7 Å². The van der Waals surface area contributed by atoms with Gasteiger partial charge in [-0.1, -0.05) is 13.8 Å². The summed E-state index contributed by atoms with van der Waals surface area (Å²) in [7, 11) is 0. The number of carbonyl (C=O) groups is 1.